The van der Waals surface area contributed by atoms with Crippen molar-refractivity contribution in [2.45, 2.75) is 30.8 Å². The fourth-order valence-corrected chi connectivity index (χ4v) is 4.08. The first kappa shape index (κ1) is 17.6. The van der Waals surface area contributed by atoms with Gasteiger partial charge in [0.2, 0.25) is 11.9 Å². The highest BCUT2D eigenvalue weighted by molar-refractivity contribution is 7.99. The highest BCUT2D eigenvalue weighted by Gasteiger charge is 2.19. The van der Waals surface area contributed by atoms with Crippen LogP contribution in [-0.2, 0) is 6.54 Å². The maximum atomic E-state index is 12.6. The molecule has 0 aromatic carbocycles. The van der Waals surface area contributed by atoms with Gasteiger partial charge in [0, 0.05) is 20.6 Å². The lowest BCUT2D eigenvalue weighted by Crippen LogP contribution is -2.22. The minimum Gasteiger partial charge on any atom is -0.368 e. The molecule has 0 bridgehead atoms. The Balaban J connectivity index is 2.00. The molecule has 25 heavy (non-hydrogen) atoms. The van der Waals surface area contributed by atoms with E-state index < -0.39 is 0 Å². The Bertz CT molecular complexity index is 966. The Morgan fingerprint density at radius 1 is 1.32 bits per heavy atom. The Kier molecular flexibility index (Phi) is 4.91. The summed E-state index contributed by atoms with van der Waals surface area (Å²) < 4.78 is 2.36. The van der Waals surface area contributed by atoms with Gasteiger partial charge in [0.05, 0.1) is 10.8 Å². The highest BCUT2D eigenvalue weighted by atomic mass is 32.2. The van der Waals surface area contributed by atoms with Crippen LogP contribution in [0.1, 0.15) is 24.9 Å². The van der Waals surface area contributed by atoms with E-state index in [2.05, 4.69) is 19.9 Å². The quantitative estimate of drug-likeness (QED) is 0.533. The standard InChI is InChI=1S/C15H19N7OS2/c1-5-22-12(23)10-9(6-7-24-10)17-15(22)25-8(2)11-18-13(16)20-14(19-11)21(3)4/h6-8H,5H2,1-4H3,(H2,16,18,19,20). The predicted octanol–water partition coefficient (Wildman–Crippen LogP) is 2.16. The van der Waals surface area contributed by atoms with Gasteiger partial charge in [-0.2, -0.15) is 15.0 Å². The number of hydrogen-bond acceptors (Lipinski definition) is 9. The number of nitrogens with two attached hydrogens (primary N) is 1. The summed E-state index contributed by atoms with van der Waals surface area (Å²) in [5.74, 6) is 1.24. The lowest BCUT2D eigenvalue weighted by molar-refractivity contribution is 0.633. The van der Waals surface area contributed by atoms with Crippen LogP contribution in [0.2, 0.25) is 0 Å². The molecule has 0 aliphatic rings. The molecule has 3 rings (SSSR count). The fourth-order valence-electron chi connectivity index (χ4n) is 2.28. The summed E-state index contributed by atoms with van der Waals surface area (Å²) in [7, 11) is 3.69. The minimum atomic E-state index is -0.134. The van der Waals surface area contributed by atoms with Crippen LogP contribution in [0.5, 0.6) is 0 Å². The van der Waals surface area contributed by atoms with Crippen molar-refractivity contribution in [3.63, 3.8) is 0 Å². The highest BCUT2D eigenvalue weighted by Crippen LogP contribution is 2.33. The molecule has 0 amide bonds. The van der Waals surface area contributed by atoms with Crippen LogP contribution in [0.15, 0.2) is 21.4 Å². The van der Waals surface area contributed by atoms with Gasteiger partial charge in [-0.1, -0.05) is 11.8 Å². The summed E-state index contributed by atoms with van der Waals surface area (Å²) in [6, 6.07) is 1.86. The fraction of sp³-hybridized carbons (Fsp3) is 0.400. The number of anilines is 2. The molecule has 0 fully saturated rings. The third-order valence-electron chi connectivity index (χ3n) is 3.55. The number of fused-ring (bicyclic) bond motifs is 1. The van der Waals surface area contributed by atoms with Crippen molar-refractivity contribution >= 4 is 45.2 Å². The van der Waals surface area contributed by atoms with E-state index in [0.29, 0.717) is 28.2 Å². The molecule has 0 aliphatic heterocycles. The molecule has 2 N–H and O–H groups in total. The van der Waals surface area contributed by atoms with Crippen LogP contribution in [0.3, 0.4) is 0 Å². The lowest BCUT2D eigenvalue weighted by atomic mass is 10.4. The summed E-state index contributed by atoms with van der Waals surface area (Å²) >= 11 is 2.85. The Labute approximate surface area is 153 Å². The molecule has 3 heterocycles. The first-order valence-electron chi connectivity index (χ1n) is 7.74. The van der Waals surface area contributed by atoms with Gasteiger partial charge in [0.15, 0.2) is 5.16 Å². The second-order valence-electron chi connectivity index (χ2n) is 5.59. The molecule has 132 valence electrons. The Morgan fingerprint density at radius 2 is 2.08 bits per heavy atom. The summed E-state index contributed by atoms with van der Waals surface area (Å²) in [6.45, 7) is 4.45. The van der Waals surface area contributed by atoms with E-state index in [1.54, 1.807) is 9.47 Å². The average molecular weight is 377 g/mol. The van der Waals surface area contributed by atoms with Crippen LogP contribution in [-0.4, -0.2) is 38.6 Å². The van der Waals surface area contributed by atoms with Gasteiger partial charge in [-0.25, -0.2) is 4.98 Å². The van der Waals surface area contributed by atoms with Gasteiger partial charge in [-0.05, 0) is 25.3 Å². The molecule has 0 spiro atoms. The van der Waals surface area contributed by atoms with Crippen molar-refractivity contribution in [1.29, 1.82) is 0 Å². The zero-order valence-electron chi connectivity index (χ0n) is 14.4. The molecule has 8 nitrogen and oxygen atoms in total. The number of thiophene rings is 1. The molecule has 10 heteroatoms. The van der Waals surface area contributed by atoms with E-state index in [4.69, 9.17) is 5.73 Å². The van der Waals surface area contributed by atoms with Crippen molar-refractivity contribution < 1.29 is 0 Å². The van der Waals surface area contributed by atoms with Gasteiger partial charge in [-0.3, -0.25) is 9.36 Å². The average Bonchev–Trinajstić information content (AvgIpc) is 3.03. The maximum Gasteiger partial charge on any atom is 0.272 e. The zero-order chi connectivity index (χ0) is 18.1. The normalized spacial score (nSPS) is 12.5. The van der Waals surface area contributed by atoms with Crippen molar-refractivity contribution in [3.8, 4) is 0 Å². The molecule has 3 aromatic rings. The number of aromatic nitrogens is 5. The van der Waals surface area contributed by atoms with E-state index in [9.17, 15) is 4.79 Å². The summed E-state index contributed by atoms with van der Waals surface area (Å²) in [4.78, 5) is 31.8. The molecule has 0 saturated carbocycles. The minimum absolute atomic E-state index is 0.0126. The van der Waals surface area contributed by atoms with E-state index in [-0.39, 0.29) is 16.8 Å². The second kappa shape index (κ2) is 6.96. The second-order valence-corrected chi connectivity index (χ2v) is 7.81. The topological polar surface area (TPSA) is 103 Å². The van der Waals surface area contributed by atoms with E-state index >= 15 is 0 Å². The number of hydrogen-bond donors (Lipinski definition) is 1. The van der Waals surface area contributed by atoms with Crippen LogP contribution >= 0.6 is 23.1 Å². The molecular formula is C15H19N7OS2. The number of thioether (sulfide) groups is 1. The third-order valence-corrected chi connectivity index (χ3v) is 5.53. The molecule has 0 saturated heterocycles. The van der Waals surface area contributed by atoms with Gasteiger partial charge in [-0.15, -0.1) is 11.3 Å². The van der Waals surface area contributed by atoms with Crippen molar-refractivity contribution in [2.75, 3.05) is 24.7 Å². The zero-order valence-corrected chi connectivity index (χ0v) is 16.1. The van der Waals surface area contributed by atoms with Crippen LogP contribution in [0.25, 0.3) is 10.2 Å². The van der Waals surface area contributed by atoms with Crippen LogP contribution in [0.4, 0.5) is 11.9 Å². The largest absolute Gasteiger partial charge is 0.368 e. The SMILES string of the molecule is CCn1c(SC(C)c2nc(N)nc(N(C)C)n2)nc2ccsc2c1=O. The Morgan fingerprint density at radius 3 is 2.76 bits per heavy atom. The smallest absolute Gasteiger partial charge is 0.272 e. The molecular weight excluding hydrogens is 358 g/mol. The van der Waals surface area contributed by atoms with Gasteiger partial charge >= 0.3 is 0 Å². The Hall–Kier alpha value is -2.20. The van der Waals surface area contributed by atoms with Crippen molar-refractivity contribution in [3.05, 3.63) is 27.6 Å². The van der Waals surface area contributed by atoms with Crippen molar-refractivity contribution in [1.82, 2.24) is 24.5 Å². The number of nitrogens with zero attached hydrogens (tertiary/aromatic N) is 6. The predicted molar refractivity (Wildman–Crippen MR) is 102 cm³/mol. The first-order valence-corrected chi connectivity index (χ1v) is 9.50. The van der Waals surface area contributed by atoms with Crippen molar-refractivity contribution in [2.24, 2.45) is 0 Å². The molecule has 0 radical (unpaired) electrons. The van der Waals surface area contributed by atoms with Crippen LogP contribution in [0, 0.1) is 0 Å². The molecule has 3 aromatic heterocycles. The number of rotatable bonds is 5. The van der Waals surface area contributed by atoms with Crippen LogP contribution < -0.4 is 16.2 Å². The van der Waals surface area contributed by atoms with E-state index in [0.717, 1.165) is 5.52 Å². The number of nitrogen functional groups attached to an aromatic ring is 1. The van der Waals surface area contributed by atoms with Gasteiger partial charge < -0.3 is 10.6 Å². The third kappa shape index (κ3) is 3.45. The van der Waals surface area contributed by atoms with E-state index in [1.807, 2.05) is 39.4 Å². The van der Waals surface area contributed by atoms with Gasteiger partial charge in [0.25, 0.3) is 5.56 Å². The molecule has 1 atom stereocenters. The molecule has 1 unspecified atom stereocenters. The monoisotopic (exact) mass is 377 g/mol. The van der Waals surface area contributed by atoms with Gasteiger partial charge in [0.1, 0.15) is 10.5 Å². The summed E-state index contributed by atoms with van der Waals surface area (Å²) in [5.41, 5.74) is 6.51. The summed E-state index contributed by atoms with van der Waals surface area (Å²) in [6.07, 6.45) is 0. The first-order chi connectivity index (χ1) is 11.9. The lowest BCUT2D eigenvalue weighted by Gasteiger charge is -2.16. The molecule has 0 aliphatic carbocycles. The van der Waals surface area contributed by atoms with E-state index in [1.165, 1.54) is 23.1 Å². The maximum absolute atomic E-state index is 12.6. The summed E-state index contributed by atoms with van der Waals surface area (Å²) in [5, 5.41) is 2.40.